The number of carbonyl (C=O) groups excluding carboxylic acids is 2. The SMILES string of the molecule is C=CC(=O)N1CC(CNC(=O)c2ccccc2)C1. The van der Waals surface area contributed by atoms with Crippen molar-refractivity contribution < 1.29 is 9.59 Å². The average Bonchev–Trinajstić information content (AvgIpc) is 2.37. The van der Waals surface area contributed by atoms with E-state index >= 15 is 0 Å². The van der Waals surface area contributed by atoms with E-state index in [4.69, 9.17) is 0 Å². The summed E-state index contributed by atoms with van der Waals surface area (Å²) in [6.07, 6.45) is 1.32. The summed E-state index contributed by atoms with van der Waals surface area (Å²) in [7, 11) is 0. The largest absolute Gasteiger partial charge is 0.352 e. The van der Waals surface area contributed by atoms with Crippen molar-refractivity contribution in [1.29, 1.82) is 0 Å². The maximum atomic E-state index is 11.8. The van der Waals surface area contributed by atoms with Crippen LogP contribution < -0.4 is 5.32 Å². The van der Waals surface area contributed by atoms with Crippen molar-refractivity contribution in [3.63, 3.8) is 0 Å². The molecule has 0 bridgehead atoms. The van der Waals surface area contributed by atoms with Crippen LogP contribution in [0, 0.1) is 5.92 Å². The Kier molecular flexibility index (Phi) is 3.77. The molecule has 0 aliphatic carbocycles. The predicted molar refractivity (Wildman–Crippen MR) is 69.0 cm³/mol. The third-order valence-electron chi connectivity index (χ3n) is 3.03. The minimum Gasteiger partial charge on any atom is -0.352 e. The Labute approximate surface area is 106 Å². The summed E-state index contributed by atoms with van der Waals surface area (Å²) in [6, 6.07) is 9.11. The van der Waals surface area contributed by atoms with Crippen molar-refractivity contribution in [3.8, 4) is 0 Å². The van der Waals surface area contributed by atoms with Crippen LogP contribution in [0.2, 0.25) is 0 Å². The first-order valence-corrected chi connectivity index (χ1v) is 5.95. The molecule has 0 atom stereocenters. The third-order valence-corrected chi connectivity index (χ3v) is 3.03. The number of hydrogen-bond acceptors (Lipinski definition) is 2. The molecule has 1 saturated heterocycles. The van der Waals surface area contributed by atoms with Gasteiger partial charge in [0.1, 0.15) is 0 Å². The lowest BCUT2D eigenvalue weighted by molar-refractivity contribution is -0.131. The smallest absolute Gasteiger partial charge is 0.251 e. The molecule has 1 aliphatic heterocycles. The average molecular weight is 244 g/mol. The summed E-state index contributed by atoms with van der Waals surface area (Å²) < 4.78 is 0. The molecule has 0 radical (unpaired) electrons. The maximum Gasteiger partial charge on any atom is 0.251 e. The van der Waals surface area contributed by atoms with E-state index in [9.17, 15) is 9.59 Å². The number of nitrogens with one attached hydrogen (secondary N) is 1. The van der Waals surface area contributed by atoms with Crippen molar-refractivity contribution in [2.75, 3.05) is 19.6 Å². The fourth-order valence-corrected chi connectivity index (χ4v) is 1.94. The summed E-state index contributed by atoms with van der Waals surface area (Å²) in [5.41, 5.74) is 0.663. The van der Waals surface area contributed by atoms with Gasteiger partial charge >= 0.3 is 0 Å². The number of nitrogens with zero attached hydrogens (tertiary/aromatic N) is 1. The normalized spacial score (nSPS) is 14.8. The van der Waals surface area contributed by atoms with Gasteiger partial charge in [0.05, 0.1) is 0 Å². The molecule has 1 aliphatic rings. The van der Waals surface area contributed by atoms with E-state index in [1.54, 1.807) is 17.0 Å². The van der Waals surface area contributed by atoms with Crippen LogP contribution in [0.5, 0.6) is 0 Å². The van der Waals surface area contributed by atoms with Crippen molar-refractivity contribution in [1.82, 2.24) is 10.2 Å². The van der Waals surface area contributed by atoms with Crippen LogP contribution in [0.25, 0.3) is 0 Å². The molecule has 1 aromatic rings. The van der Waals surface area contributed by atoms with Gasteiger partial charge in [-0.05, 0) is 18.2 Å². The van der Waals surface area contributed by atoms with E-state index in [2.05, 4.69) is 11.9 Å². The van der Waals surface area contributed by atoms with Crippen LogP contribution in [-0.4, -0.2) is 36.3 Å². The first kappa shape index (κ1) is 12.4. The van der Waals surface area contributed by atoms with Crippen molar-refractivity contribution in [3.05, 3.63) is 48.6 Å². The molecule has 2 rings (SSSR count). The number of rotatable bonds is 4. The zero-order valence-corrected chi connectivity index (χ0v) is 10.1. The van der Waals surface area contributed by atoms with Crippen LogP contribution in [0.15, 0.2) is 43.0 Å². The van der Waals surface area contributed by atoms with Gasteiger partial charge in [0.2, 0.25) is 5.91 Å². The number of benzene rings is 1. The summed E-state index contributed by atoms with van der Waals surface area (Å²) in [5.74, 6) is 0.242. The Morgan fingerprint density at radius 1 is 1.33 bits per heavy atom. The maximum absolute atomic E-state index is 11.8. The standard InChI is InChI=1S/C14H16N2O2/c1-2-13(17)16-9-11(10-16)8-15-14(18)12-6-4-3-5-7-12/h2-7,11H,1,8-10H2,(H,15,18). The number of carbonyl (C=O) groups is 2. The van der Waals surface area contributed by atoms with E-state index < -0.39 is 0 Å². The quantitative estimate of drug-likeness (QED) is 0.805. The molecule has 0 aromatic heterocycles. The van der Waals surface area contributed by atoms with E-state index in [1.807, 2.05) is 18.2 Å². The van der Waals surface area contributed by atoms with Crippen LogP contribution in [0.4, 0.5) is 0 Å². The highest BCUT2D eigenvalue weighted by molar-refractivity contribution is 5.94. The molecule has 1 aromatic carbocycles. The minimum absolute atomic E-state index is 0.0411. The summed E-state index contributed by atoms with van der Waals surface area (Å²) >= 11 is 0. The van der Waals surface area contributed by atoms with E-state index in [1.165, 1.54) is 6.08 Å². The summed E-state index contributed by atoms with van der Waals surface area (Å²) in [4.78, 5) is 24.7. The molecule has 4 nitrogen and oxygen atoms in total. The highest BCUT2D eigenvalue weighted by Gasteiger charge is 2.29. The van der Waals surface area contributed by atoms with Crippen LogP contribution in [0.1, 0.15) is 10.4 Å². The van der Waals surface area contributed by atoms with E-state index in [0.29, 0.717) is 31.1 Å². The highest BCUT2D eigenvalue weighted by atomic mass is 16.2. The van der Waals surface area contributed by atoms with E-state index in [-0.39, 0.29) is 11.8 Å². The minimum atomic E-state index is -0.0657. The lowest BCUT2D eigenvalue weighted by Gasteiger charge is -2.38. The zero-order valence-electron chi connectivity index (χ0n) is 10.1. The molecule has 0 saturated carbocycles. The van der Waals surface area contributed by atoms with Gasteiger partial charge in [-0.15, -0.1) is 0 Å². The van der Waals surface area contributed by atoms with Crippen molar-refractivity contribution in [2.45, 2.75) is 0 Å². The highest BCUT2D eigenvalue weighted by Crippen LogP contribution is 2.14. The molecule has 4 heteroatoms. The third kappa shape index (κ3) is 2.77. The number of hydrogen-bond donors (Lipinski definition) is 1. The molecule has 0 unspecified atom stereocenters. The number of amides is 2. The molecule has 18 heavy (non-hydrogen) atoms. The second-order valence-corrected chi connectivity index (χ2v) is 4.39. The molecule has 94 valence electrons. The first-order chi connectivity index (χ1) is 8.70. The molecule has 0 spiro atoms. The van der Waals surface area contributed by atoms with Crippen molar-refractivity contribution in [2.24, 2.45) is 5.92 Å². The number of likely N-dealkylation sites (tertiary alicyclic amines) is 1. The summed E-state index contributed by atoms with van der Waals surface area (Å²) in [5, 5.41) is 2.88. The van der Waals surface area contributed by atoms with E-state index in [0.717, 1.165) is 0 Å². The second-order valence-electron chi connectivity index (χ2n) is 4.39. The summed E-state index contributed by atoms with van der Waals surface area (Å²) in [6.45, 7) is 5.44. The fourth-order valence-electron chi connectivity index (χ4n) is 1.94. The van der Waals surface area contributed by atoms with Crippen LogP contribution >= 0.6 is 0 Å². The second kappa shape index (κ2) is 5.49. The molecular weight excluding hydrogens is 228 g/mol. The molecular formula is C14H16N2O2. The van der Waals surface area contributed by atoms with Gasteiger partial charge in [0.15, 0.2) is 0 Å². The monoisotopic (exact) mass is 244 g/mol. The fraction of sp³-hybridized carbons (Fsp3) is 0.286. The first-order valence-electron chi connectivity index (χ1n) is 5.95. The van der Waals surface area contributed by atoms with Gasteiger partial charge in [0, 0.05) is 31.1 Å². The zero-order chi connectivity index (χ0) is 13.0. The Hall–Kier alpha value is -2.10. The molecule has 2 amide bonds. The van der Waals surface area contributed by atoms with Gasteiger partial charge in [0.25, 0.3) is 5.91 Å². The van der Waals surface area contributed by atoms with Gasteiger partial charge in [-0.3, -0.25) is 9.59 Å². The van der Waals surface area contributed by atoms with Gasteiger partial charge in [-0.2, -0.15) is 0 Å². The van der Waals surface area contributed by atoms with Crippen molar-refractivity contribution >= 4 is 11.8 Å². The lowest BCUT2D eigenvalue weighted by atomic mass is 10.00. The Balaban J connectivity index is 1.73. The van der Waals surface area contributed by atoms with Gasteiger partial charge in [-0.25, -0.2) is 0 Å². The molecule has 1 fully saturated rings. The van der Waals surface area contributed by atoms with Gasteiger partial charge < -0.3 is 10.2 Å². The molecule has 1 heterocycles. The van der Waals surface area contributed by atoms with Crippen LogP contribution in [-0.2, 0) is 4.79 Å². The molecule has 1 N–H and O–H groups in total. The Bertz CT molecular complexity index is 450. The Morgan fingerprint density at radius 2 is 2.00 bits per heavy atom. The van der Waals surface area contributed by atoms with Gasteiger partial charge in [-0.1, -0.05) is 24.8 Å². The Morgan fingerprint density at radius 3 is 2.61 bits per heavy atom. The van der Waals surface area contributed by atoms with Crippen LogP contribution in [0.3, 0.4) is 0 Å². The predicted octanol–water partition coefficient (Wildman–Crippen LogP) is 1.06. The topological polar surface area (TPSA) is 49.4 Å². The lowest BCUT2D eigenvalue weighted by Crippen LogP contribution is -2.53.